The van der Waals surface area contributed by atoms with Gasteiger partial charge in [0.1, 0.15) is 0 Å². The molecule has 1 fully saturated rings. The van der Waals surface area contributed by atoms with E-state index in [0.29, 0.717) is 12.5 Å². The van der Waals surface area contributed by atoms with Crippen LogP contribution in [-0.2, 0) is 4.79 Å². The van der Waals surface area contributed by atoms with Crippen molar-refractivity contribution in [3.05, 3.63) is 0 Å². The van der Waals surface area contributed by atoms with E-state index in [1.165, 1.54) is 0 Å². The molecule has 1 rings (SSSR count). The molecular formula is C9H19N3O. The Labute approximate surface area is 79.7 Å². The zero-order chi connectivity index (χ0) is 9.68. The Bertz CT molecular complexity index is 172. The molecule has 0 aromatic heterocycles. The normalized spacial score (nSPS) is 24.3. The van der Waals surface area contributed by atoms with E-state index in [4.69, 9.17) is 0 Å². The van der Waals surface area contributed by atoms with Crippen molar-refractivity contribution < 1.29 is 4.79 Å². The summed E-state index contributed by atoms with van der Waals surface area (Å²) < 4.78 is 0. The molecule has 1 aliphatic heterocycles. The van der Waals surface area contributed by atoms with Crippen LogP contribution in [0.15, 0.2) is 0 Å². The lowest BCUT2D eigenvalue weighted by Crippen LogP contribution is -2.49. The molecule has 1 atom stereocenters. The van der Waals surface area contributed by atoms with Crippen LogP contribution in [0.2, 0.25) is 0 Å². The summed E-state index contributed by atoms with van der Waals surface area (Å²) in [5.41, 5.74) is 0. The number of rotatable bonds is 3. The van der Waals surface area contributed by atoms with Crippen LogP contribution in [-0.4, -0.2) is 50.1 Å². The molecule has 1 aliphatic rings. The molecule has 0 bridgehead atoms. The SMILES string of the molecule is CNC(=O)CCN1CCN[C@@H](C)C1. The maximum atomic E-state index is 11.0. The zero-order valence-electron chi connectivity index (χ0n) is 8.47. The van der Waals surface area contributed by atoms with Crippen molar-refractivity contribution in [2.45, 2.75) is 19.4 Å². The lowest BCUT2D eigenvalue weighted by Gasteiger charge is -2.31. The fourth-order valence-electron chi connectivity index (χ4n) is 1.60. The Kier molecular flexibility index (Phi) is 4.18. The number of nitrogens with one attached hydrogen (secondary N) is 2. The summed E-state index contributed by atoms with van der Waals surface area (Å²) in [5, 5.41) is 6.01. The third kappa shape index (κ3) is 3.74. The summed E-state index contributed by atoms with van der Waals surface area (Å²) in [6.45, 7) is 6.20. The largest absolute Gasteiger partial charge is 0.359 e. The third-order valence-corrected chi connectivity index (χ3v) is 2.39. The van der Waals surface area contributed by atoms with Crippen molar-refractivity contribution in [1.29, 1.82) is 0 Å². The molecule has 0 radical (unpaired) electrons. The molecule has 1 heterocycles. The Balaban J connectivity index is 2.17. The van der Waals surface area contributed by atoms with Crippen molar-refractivity contribution in [2.24, 2.45) is 0 Å². The van der Waals surface area contributed by atoms with Crippen LogP contribution in [0.1, 0.15) is 13.3 Å². The zero-order valence-corrected chi connectivity index (χ0v) is 8.47. The Morgan fingerprint density at radius 3 is 3.08 bits per heavy atom. The summed E-state index contributed by atoms with van der Waals surface area (Å²) >= 11 is 0. The van der Waals surface area contributed by atoms with Crippen LogP contribution >= 0.6 is 0 Å². The quantitative estimate of drug-likeness (QED) is 0.618. The van der Waals surface area contributed by atoms with Crippen LogP contribution < -0.4 is 10.6 Å². The van der Waals surface area contributed by atoms with E-state index in [2.05, 4.69) is 22.5 Å². The van der Waals surface area contributed by atoms with E-state index < -0.39 is 0 Å². The Morgan fingerprint density at radius 2 is 2.46 bits per heavy atom. The van der Waals surface area contributed by atoms with E-state index in [1.54, 1.807) is 7.05 Å². The first-order valence-electron chi connectivity index (χ1n) is 4.88. The number of carbonyl (C=O) groups is 1. The van der Waals surface area contributed by atoms with Gasteiger partial charge in [0, 0.05) is 45.7 Å². The standard InChI is InChI=1S/C9H19N3O/c1-8-7-12(6-4-11-8)5-3-9(13)10-2/h8,11H,3-7H2,1-2H3,(H,10,13)/t8-/m0/s1. The summed E-state index contributed by atoms with van der Waals surface area (Å²) in [7, 11) is 1.68. The predicted molar refractivity (Wildman–Crippen MR) is 52.6 cm³/mol. The van der Waals surface area contributed by atoms with Gasteiger partial charge in [0.25, 0.3) is 0 Å². The lowest BCUT2D eigenvalue weighted by atomic mass is 10.2. The molecule has 0 aromatic rings. The molecule has 0 aromatic carbocycles. The van der Waals surface area contributed by atoms with Crippen molar-refractivity contribution in [1.82, 2.24) is 15.5 Å². The van der Waals surface area contributed by atoms with Gasteiger partial charge in [0.15, 0.2) is 0 Å². The van der Waals surface area contributed by atoms with Gasteiger partial charge in [0.2, 0.25) is 5.91 Å². The third-order valence-electron chi connectivity index (χ3n) is 2.39. The van der Waals surface area contributed by atoms with Gasteiger partial charge in [-0.15, -0.1) is 0 Å². The number of carbonyl (C=O) groups excluding carboxylic acids is 1. The van der Waals surface area contributed by atoms with Gasteiger partial charge in [-0.05, 0) is 6.92 Å². The number of hydrogen-bond acceptors (Lipinski definition) is 3. The molecule has 1 amide bonds. The molecule has 1 saturated heterocycles. The molecule has 4 heteroatoms. The second-order valence-corrected chi connectivity index (χ2v) is 3.58. The number of nitrogens with zero attached hydrogens (tertiary/aromatic N) is 1. The van der Waals surface area contributed by atoms with Crippen molar-refractivity contribution in [3.63, 3.8) is 0 Å². The fraction of sp³-hybridized carbons (Fsp3) is 0.889. The van der Waals surface area contributed by atoms with Gasteiger partial charge < -0.3 is 15.5 Å². The fourth-order valence-corrected chi connectivity index (χ4v) is 1.60. The van der Waals surface area contributed by atoms with E-state index in [1.807, 2.05) is 0 Å². The van der Waals surface area contributed by atoms with Gasteiger partial charge in [-0.3, -0.25) is 4.79 Å². The molecule has 0 saturated carbocycles. The Hall–Kier alpha value is -0.610. The first kappa shape index (κ1) is 10.5. The monoisotopic (exact) mass is 185 g/mol. The summed E-state index contributed by atoms with van der Waals surface area (Å²) in [4.78, 5) is 13.3. The number of amides is 1. The topological polar surface area (TPSA) is 44.4 Å². The van der Waals surface area contributed by atoms with Gasteiger partial charge in [-0.25, -0.2) is 0 Å². The van der Waals surface area contributed by atoms with Crippen LogP contribution in [0.4, 0.5) is 0 Å². The van der Waals surface area contributed by atoms with Crippen molar-refractivity contribution in [2.75, 3.05) is 33.2 Å². The second-order valence-electron chi connectivity index (χ2n) is 3.58. The van der Waals surface area contributed by atoms with Crippen molar-refractivity contribution in [3.8, 4) is 0 Å². The summed E-state index contributed by atoms with van der Waals surface area (Å²) in [5.74, 6) is 0.131. The van der Waals surface area contributed by atoms with E-state index in [9.17, 15) is 4.79 Å². The molecular weight excluding hydrogens is 166 g/mol. The summed E-state index contributed by atoms with van der Waals surface area (Å²) in [6.07, 6.45) is 0.614. The minimum absolute atomic E-state index is 0.131. The highest BCUT2D eigenvalue weighted by molar-refractivity contribution is 5.75. The second kappa shape index (κ2) is 5.19. The van der Waals surface area contributed by atoms with Gasteiger partial charge in [0.05, 0.1) is 0 Å². The molecule has 0 aliphatic carbocycles. The highest BCUT2D eigenvalue weighted by Crippen LogP contribution is 1.99. The maximum Gasteiger partial charge on any atom is 0.221 e. The molecule has 0 unspecified atom stereocenters. The average Bonchev–Trinajstić information content (AvgIpc) is 2.14. The number of hydrogen-bond donors (Lipinski definition) is 2. The molecule has 2 N–H and O–H groups in total. The minimum atomic E-state index is 0.131. The van der Waals surface area contributed by atoms with E-state index >= 15 is 0 Å². The molecule has 76 valence electrons. The smallest absolute Gasteiger partial charge is 0.221 e. The summed E-state index contributed by atoms with van der Waals surface area (Å²) in [6, 6.07) is 0.554. The predicted octanol–water partition coefficient (Wildman–Crippen LogP) is -0.584. The van der Waals surface area contributed by atoms with Crippen LogP contribution in [0.3, 0.4) is 0 Å². The minimum Gasteiger partial charge on any atom is -0.359 e. The first-order valence-corrected chi connectivity index (χ1v) is 4.88. The molecule has 13 heavy (non-hydrogen) atoms. The Morgan fingerprint density at radius 1 is 1.69 bits per heavy atom. The first-order chi connectivity index (χ1) is 6.22. The van der Waals surface area contributed by atoms with Gasteiger partial charge in [-0.2, -0.15) is 0 Å². The average molecular weight is 185 g/mol. The highest BCUT2D eigenvalue weighted by atomic mass is 16.1. The van der Waals surface area contributed by atoms with Crippen LogP contribution in [0.25, 0.3) is 0 Å². The van der Waals surface area contributed by atoms with Crippen LogP contribution in [0.5, 0.6) is 0 Å². The van der Waals surface area contributed by atoms with Gasteiger partial charge >= 0.3 is 0 Å². The van der Waals surface area contributed by atoms with Gasteiger partial charge in [-0.1, -0.05) is 0 Å². The number of piperazine rings is 1. The van der Waals surface area contributed by atoms with E-state index in [-0.39, 0.29) is 5.91 Å². The highest BCUT2D eigenvalue weighted by Gasteiger charge is 2.15. The molecule has 4 nitrogen and oxygen atoms in total. The van der Waals surface area contributed by atoms with Crippen LogP contribution in [0, 0.1) is 0 Å². The lowest BCUT2D eigenvalue weighted by molar-refractivity contribution is -0.121. The van der Waals surface area contributed by atoms with E-state index in [0.717, 1.165) is 26.2 Å². The molecule has 0 spiro atoms. The maximum absolute atomic E-state index is 11.0. The van der Waals surface area contributed by atoms with Crippen molar-refractivity contribution >= 4 is 5.91 Å².